The molecule has 1 saturated carbocycles. The smallest absolute Gasteiger partial charge is 0.337 e. The molecule has 2 rings (SSSR count). The lowest BCUT2D eigenvalue weighted by atomic mass is 9.81. The first-order valence-corrected chi connectivity index (χ1v) is 7.55. The summed E-state index contributed by atoms with van der Waals surface area (Å²) in [7, 11) is 0. The largest absolute Gasteiger partial charge is 0.478 e. The van der Waals surface area contributed by atoms with Gasteiger partial charge in [0.15, 0.2) is 0 Å². The van der Waals surface area contributed by atoms with Gasteiger partial charge >= 0.3 is 5.97 Å². The minimum absolute atomic E-state index is 0.277. The van der Waals surface area contributed by atoms with Crippen molar-refractivity contribution in [1.82, 2.24) is 4.98 Å². The average molecular weight is 276 g/mol. The van der Waals surface area contributed by atoms with Gasteiger partial charge in [-0.3, -0.25) is 0 Å². The number of aromatic carboxylic acids is 1. The fraction of sp³-hybridized carbons (Fsp3) is 0.625. The molecule has 1 aliphatic rings. The third-order valence-electron chi connectivity index (χ3n) is 4.43. The second kappa shape index (κ2) is 6.73. The zero-order chi connectivity index (χ0) is 14.5. The highest BCUT2D eigenvalue weighted by atomic mass is 16.4. The summed E-state index contributed by atoms with van der Waals surface area (Å²) in [6.07, 6.45) is 6.56. The number of aryl methyl sites for hydroxylation is 1. The molecule has 110 valence electrons. The third kappa shape index (κ3) is 3.71. The van der Waals surface area contributed by atoms with E-state index in [-0.39, 0.29) is 5.56 Å². The zero-order valence-electron chi connectivity index (χ0n) is 12.4. The molecule has 0 radical (unpaired) electrons. The molecule has 4 heteroatoms. The van der Waals surface area contributed by atoms with Crippen molar-refractivity contribution in [1.29, 1.82) is 0 Å². The van der Waals surface area contributed by atoms with Crippen molar-refractivity contribution in [2.24, 2.45) is 11.8 Å². The maximum atomic E-state index is 10.9. The van der Waals surface area contributed by atoms with Gasteiger partial charge in [0, 0.05) is 6.54 Å². The van der Waals surface area contributed by atoms with E-state index >= 15 is 0 Å². The maximum absolute atomic E-state index is 10.9. The predicted molar refractivity (Wildman–Crippen MR) is 80.2 cm³/mol. The van der Waals surface area contributed by atoms with E-state index in [2.05, 4.69) is 17.2 Å². The molecule has 1 heterocycles. The van der Waals surface area contributed by atoms with Crippen molar-refractivity contribution in [2.45, 2.75) is 46.0 Å². The molecule has 2 N–H and O–H groups in total. The average Bonchev–Trinajstić information content (AvgIpc) is 2.45. The van der Waals surface area contributed by atoms with Crippen molar-refractivity contribution < 1.29 is 9.90 Å². The van der Waals surface area contributed by atoms with Crippen LogP contribution in [0.15, 0.2) is 12.1 Å². The quantitative estimate of drug-likeness (QED) is 0.860. The highest BCUT2D eigenvalue weighted by Gasteiger charge is 2.19. The molecule has 1 aromatic rings. The molecule has 0 aromatic carbocycles. The van der Waals surface area contributed by atoms with Crippen molar-refractivity contribution in [3.05, 3.63) is 23.4 Å². The normalized spacial score (nSPS) is 22.5. The monoisotopic (exact) mass is 276 g/mol. The second-order valence-corrected chi connectivity index (χ2v) is 5.81. The Kier molecular flexibility index (Phi) is 4.99. The summed E-state index contributed by atoms with van der Waals surface area (Å²) < 4.78 is 0. The van der Waals surface area contributed by atoms with E-state index in [1.165, 1.54) is 32.1 Å². The number of anilines is 1. The number of carbonyl (C=O) groups is 1. The van der Waals surface area contributed by atoms with Gasteiger partial charge in [-0.1, -0.05) is 26.2 Å². The van der Waals surface area contributed by atoms with E-state index in [1.807, 2.05) is 0 Å². The van der Waals surface area contributed by atoms with Crippen molar-refractivity contribution in [3.63, 3.8) is 0 Å². The molecule has 0 unspecified atom stereocenters. The fourth-order valence-corrected chi connectivity index (χ4v) is 2.98. The number of aromatic nitrogens is 1. The molecule has 0 atom stereocenters. The van der Waals surface area contributed by atoms with Crippen LogP contribution in [-0.2, 0) is 0 Å². The van der Waals surface area contributed by atoms with Crippen molar-refractivity contribution in [3.8, 4) is 0 Å². The lowest BCUT2D eigenvalue weighted by Crippen LogP contribution is -2.21. The predicted octanol–water partition coefficient (Wildman–Crippen LogP) is 3.72. The fourth-order valence-electron chi connectivity index (χ4n) is 2.98. The van der Waals surface area contributed by atoms with Crippen LogP contribution in [0.2, 0.25) is 0 Å². The summed E-state index contributed by atoms with van der Waals surface area (Å²) in [6.45, 7) is 4.95. The van der Waals surface area contributed by atoms with Crippen LogP contribution in [0.4, 0.5) is 5.82 Å². The summed E-state index contributed by atoms with van der Waals surface area (Å²) >= 11 is 0. The zero-order valence-corrected chi connectivity index (χ0v) is 12.4. The van der Waals surface area contributed by atoms with E-state index in [1.54, 1.807) is 19.1 Å². The summed E-state index contributed by atoms with van der Waals surface area (Å²) in [5.74, 6) is 1.50. The molecule has 0 amide bonds. The van der Waals surface area contributed by atoms with Crippen LogP contribution in [0.3, 0.4) is 0 Å². The minimum atomic E-state index is -0.917. The van der Waals surface area contributed by atoms with Gasteiger partial charge in [0.2, 0.25) is 0 Å². The first-order chi connectivity index (χ1) is 9.60. The lowest BCUT2D eigenvalue weighted by molar-refractivity contribution is 0.0695. The summed E-state index contributed by atoms with van der Waals surface area (Å²) in [5.41, 5.74) is 0.844. The third-order valence-corrected chi connectivity index (χ3v) is 4.43. The van der Waals surface area contributed by atoms with Crippen molar-refractivity contribution >= 4 is 11.8 Å². The first kappa shape index (κ1) is 14.8. The van der Waals surface area contributed by atoms with Crippen LogP contribution in [-0.4, -0.2) is 22.6 Å². The van der Waals surface area contributed by atoms with Crippen LogP contribution >= 0.6 is 0 Å². The topological polar surface area (TPSA) is 62.2 Å². The van der Waals surface area contributed by atoms with Crippen LogP contribution in [0.25, 0.3) is 0 Å². The number of carboxylic acids is 1. The van der Waals surface area contributed by atoms with Crippen LogP contribution in [0.5, 0.6) is 0 Å². The van der Waals surface area contributed by atoms with Crippen molar-refractivity contribution in [2.75, 3.05) is 11.9 Å². The van der Waals surface area contributed by atoms with Gasteiger partial charge in [0.25, 0.3) is 0 Å². The Morgan fingerprint density at radius 2 is 1.95 bits per heavy atom. The van der Waals surface area contributed by atoms with Crippen LogP contribution in [0.1, 0.15) is 55.1 Å². The van der Waals surface area contributed by atoms with Gasteiger partial charge in [-0.25, -0.2) is 9.78 Å². The number of nitrogens with one attached hydrogen (secondary N) is 1. The van der Waals surface area contributed by atoms with E-state index < -0.39 is 5.97 Å². The first-order valence-electron chi connectivity index (χ1n) is 7.55. The molecular weight excluding hydrogens is 252 g/mol. The number of carboxylic acid groups (broad SMARTS) is 1. The summed E-state index contributed by atoms with van der Waals surface area (Å²) in [4.78, 5) is 15.3. The van der Waals surface area contributed by atoms with Gasteiger partial charge < -0.3 is 10.4 Å². The van der Waals surface area contributed by atoms with Gasteiger partial charge in [-0.15, -0.1) is 0 Å². The summed E-state index contributed by atoms with van der Waals surface area (Å²) in [5, 5.41) is 12.3. The second-order valence-electron chi connectivity index (χ2n) is 5.81. The molecule has 20 heavy (non-hydrogen) atoms. The number of rotatable bonds is 5. The SMILES string of the molecule is CCC1CCC(CNc2ccc(C(=O)O)c(C)n2)CC1. The van der Waals surface area contributed by atoms with Crippen LogP contribution < -0.4 is 5.32 Å². The molecule has 0 spiro atoms. The van der Waals surface area contributed by atoms with Crippen LogP contribution in [0, 0.1) is 18.8 Å². The Morgan fingerprint density at radius 1 is 1.30 bits per heavy atom. The lowest BCUT2D eigenvalue weighted by Gasteiger charge is -2.28. The van der Waals surface area contributed by atoms with E-state index in [4.69, 9.17) is 5.11 Å². The van der Waals surface area contributed by atoms with E-state index in [0.29, 0.717) is 5.69 Å². The van der Waals surface area contributed by atoms with Gasteiger partial charge in [0.1, 0.15) is 5.82 Å². The molecule has 0 saturated heterocycles. The minimum Gasteiger partial charge on any atom is -0.478 e. The number of pyridine rings is 1. The Balaban J connectivity index is 1.85. The standard InChI is InChI=1S/C16H24N2O2/c1-3-12-4-6-13(7-5-12)10-17-15-9-8-14(16(19)20)11(2)18-15/h8-9,12-13H,3-7,10H2,1-2H3,(H,17,18)(H,19,20). The molecule has 1 aliphatic carbocycles. The molecule has 0 bridgehead atoms. The molecule has 1 aromatic heterocycles. The molecule has 4 nitrogen and oxygen atoms in total. The Bertz CT molecular complexity index is 466. The van der Waals surface area contributed by atoms with Gasteiger partial charge in [-0.05, 0) is 43.7 Å². The molecule has 1 fully saturated rings. The Morgan fingerprint density at radius 3 is 2.50 bits per heavy atom. The van der Waals surface area contributed by atoms with E-state index in [0.717, 1.165) is 24.2 Å². The highest BCUT2D eigenvalue weighted by Crippen LogP contribution is 2.30. The maximum Gasteiger partial charge on any atom is 0.337 e. The number of hydrogen-bond donors (Lipinski definition) is 2. The van der Waals surface area contributed by atoms with E-state index in [9.17, 15) is 4.79 Å². The Labute approximate surface area is 120 Å². The Hall–Kier alpha value is -1.58. The van der Waals surface area contributed by atoms with Gasteiger partial charge in [0.05, 0.1) is 11.3 Å². The molecule has 0 aliphatic heterocycles. The summed E-state index contributed by atoms with van der Waals surface area (Å²) in [6, 6.07) is 3.38. The molecular formula is C16H24N2O2. The number of hydrogen-bond acceptors (Lipinski definition) is 3. The highest BCUT2D eigenvalue weighted by molar-refractivity contribution is 5.89. The number of nitrogens with zero attached hydrogens (tertiary/aromatic N) is 1. The van der Waals surface area contributed by atoms with Gasteiger partial charge in [-0.2, -0.15) is 0 Å².